The number of rotatable bonds is 5. The van der Waals surface area contributed by atoms with Crippen molar-refractivity contribution in [2.24, 2.45) is 0 Å². The molecule has 0 saturated heterocycles. The Morgan fingerprint density at radius 2 is 2.09 bits per heavy atom. The van der Waals surface area contributed by atoms with E-state index in [0.717, 1.165) is 22.6 Å². The molecule has 0 saturated carbocycles. The van der Waals surface area contributed by atoms with Crippen molar-refractivity contribution in [2.45, 2.75) is 19.6 Å². The number of nitrogens with zero attached hydrogens (tertiary/aromatic N) is 2. The molecule has 0 radical (unpaired) electrons. The van der Waals surface area contributed by atoms with Gasteiger partial charge in [0.15, 0.2) is 0 Å². The van der Waals surface area contributed by atoms with Crippen LogP contribution in [0.3, 0.4) is 0 Å². The van der Waals surface area contributed by atoms with Gasteiger partial charge in [0.1, 0.15) is 17.8 Å². The summed E-state index contributed by atoms with van der Waals surface area (Å²) in [7, 11) is 0. The fourth-order valence-electron chi connectivity index (χ4n) is 2.08. The van der Waals surface area contributed by atoms with Crippen molar-refractivity contribution in [2.75, 3.05) is 5.43 Å². The first-order valence-corrected chi connectivity index (χ1v) is 7.27. The number of hydrogen-bond donors (Lipinski definition) is 3. The highest BCUT2D eigenvalue weighted by molar-refractivity contribution is 7.71. The maximum Gasteiger partial charge on any atom is 0.214 e. The predicted molar refractivity (Wildman–Crippen MR) is 85.3 cm³/mol. The average molecular weight is 316 g/mol. The highest BCUT2D eigenvalue weighted by atomic mass is 32.1. The lowest BCUT2D eigenvalue weighted by atomic mass is 10.1. The molecule has 0 unspecified atom stereocenters. The normalized spacial score (nSPS) is 12.3. The third-order valence-corrected chi connectivity index (χ3v) is 3.60. The maximum absolute atomic E-state index is 9.52. The molecule has 3 rings (SSSR count). The van der Waals surface area contributed by atoms with E-state index in [2.05, 4.69) is 15.6 Å². The molecule has 6 nitrogen and oxygen atoms in total. The van der Waals surface area contributed by atoms with Crippen LogP contribution in [0.4, 0.5) is 0 Å². The minimum Gasteiger partial charge on any atom is -0.459 e. The van der Waals surface area contributed by atoms with Gasteiger partial charge in [-0.2, -0.15) is 5.10 Å². The third-order valence-electron chi connectivity index (χ3n) is 3.32. The summed E-state index contributed by atoms with van der Waals surface area (Å²) in [6.45, 7) is 2.24. The topological polar surface area (TPSA) is 79.0 Å². The second-order valence-corrected chi connectivity index (χ2v) is 5.32. The molecule has 1 atom stereocenters. The number of aliphatic hydroxyl groups excluding tert-OH is 1. The van der Waals surface area contributed by atoms with E-state index in [4.69, 9.17) is 16.6 Å². The van der Waals surface area contributed by atoms with Crippen LogP contribution in [0.5, 0.6) is 0 Å². The van der Waals surface area contributed by atoms with Gasteiger partial charge in [0.05, 0.1) is 12.6 Å². The molecule has 3 N–H and O–H groups in total. The van der Waals surface area contributed by atoms with Gasteiger partial charge in [-0.15, -0.1) is 0 Å². The average Bonchev–Trinajstić information content (AvgIpc) is 3.14. The second-order valence-electron chi connectivity index (χ2n) is 4.93. The predicted octanol–water partition coefficient (Wildman–Crippen LogP) is 3.00. The van der Waals surface area contributed by atoms with Crippen molar-refractivity contribution in [1.82, 2.24) is 14.9 Å². The van der Waals surface area contributed by atoms with Crippen LogP contribution in [0.25, 0.3) is 11.3 Å². The molecule has 0 amide bonds. The molecular weight excluding hydrogens is 300 g/mol. The van der Waals surface area contributed by atoms with Gasteiger partial charge in [0.25, 0.3) is 0 Å². The number of H-pyrrole nitrogens is 1. The zero-order valence-corrected chi connectivity index (χ0v) is 12.8. The number of nitrogens with one attached hydrogen (secondary N) is 2. The van der Waals surface area contributed by atoms with Gasteiger partial charge in [-0.1, -0.05) is 24.3 Å². The molecule has 2 aromatic heterocycles. The van der Waals surface area contributed by atoms with Crippen LogP contribution in [0.1, 0.15) is 24.4 Å². The first kappa shape index (κ1) is 14.6. The van der Waals surface area contributed by atoms with Crippen LogP contribution in [0.2, 0.25) is 0 Å². The van der Waals surface area contributed by atoms with Crippen LogP contribution in [-0.4, -0.2) is 20.0 Å². The van der Waals surface area contributed by atoms with Crippen LogP contribution >= 0.6 is 12.2 Å². The third kappa shape index (κ3) is 3.10. The largest absolute Gasteiger partial charge is 0.459 e. The molecule has 0 aliphatic rings. The van der Waals surface area contributed by atoms with Gasteiger partial charge in [-0.3, -0.25) is 5.10 Å². The summed E-state index contributed by atoms with van der Waals surface area (Å²) in [5.41, 5.74) is 4.94. The van der Waals surface area contributed by atoms with Gasteiger partial charge in [0.2, 0.25) is 4.77 Å². The van der Waals surface area contributed by atoms with E-state index in [1.165, 1.54) is 0 Å². The van der Waals surface area contributed by atoms with Crippen molar-refractivity contribution < 1.29 is 9.52 Å². The van der Waals surface area contributed by atoms with Crippen molar-refractivity contribution in [3.63, 3.8) is 0 Å². The maximum atomic E-state index is 9.52. The molecular formula is C15H16N4O2S. The molecule has 0 aliphatic heterocycles. The van der Waals surface area contributed by atoms with Crippen LogP contribution < -0.4 is 5.43 Å². The van der Waals surface area contributed by atoms with Crippen LogP contribution in [0.15, 0.2) is 47.1 Å². The Bertz CT molecular complexity index is 801. The molecule has 22 heavy (non-hydrogen) atoms. The van der Waals surface area contributed by atoms with E-state index in [9.17, 15) is 5.11 Å². The molecule has 0 fully saturated rings. The zero-order valence-electron chi connectivity index (χ0n) is 12.0. The molecule has 1 aromatic carbocycles. The molecule has 0 spiro atoms. The van der Waals surface area contributed by atoms with Crippen LogP contribution in [-0.2, 0) is 6.54 Å². The second kappa shape index (κ2) is 6.17. The van der Waals surface area contributed by atoms with Gasteiger partial charge in [0, 0.05) is 5.56 Å². The first-order chi connectivity index (χ1) is 10.6. The fraction of sp³-hybridized carbons (Fsp3) is 0.200. The summed E-state index contributed by atoms with van der Waals surface area (Å²) < 4.78 is 7.93. The van der Waals surface area contributed by atoms with E-state index in [1.807, 2.05) is 36.4 Å². The minimum absolute atomic E-state index is 0.468. The van der Waals surface area contributed by atoms with Crippen LogP contribution in [0, 0.1) is 4.77 Å². The summed E-state index contributed by atoms with van der Waals surface area (Å²) in [5, 5.41) is 16.0. The smallest absolute Gasteiger partial charge is 0.214 e. The van der Waals surface area contributed by atoms with E-state index in [0.29, 0.717) is 11.3 Å². The number of furan rings is 1. The Morgan fingerprint density at radius 3 is 2.73 bits per heavy atom. The highest BCUT2D eigenvalue weighted by Gasteiger charge is 2.06. The Balaban J connectivity index is 1.70. The Morgan fingerprint density at radius 1 is 1.32 bits per heavy atom. The summed E-state index contributed by atoms with van der Waals surface area (Å²) in [6.07, 6.45) is 1.10. The summed E-state index contributed by atoms with van der Waals surface area (Å²) in [6, 6.07) is 11.5. The SMILES string of the molecule is C[C@H](O)c1ccc(-c2ccc(CNn3cn[nH]c3=S)o2)cc1. The number of benzene rings is 1. The minimum atomic E-state index is -0.468. The van der Waals surface area contributed by atoms with Crippen molar-refractivity contribution >= 4 is 12.2 Å². The lowest BCUT2D eigenvalue weighted by Crippen LogP contribution is -2.12. The van der Waals surface area contributed by atoms with Gasteiger partial charge in [-0.25, -0.2) is 4.68 Å². The lowest BCUT2D eigenvalue weighted by molar-refractivity contribution is 0.199. The monoisotopic (exact) mass is 316 g/mol. The Kier molecular flexibility index (Phi) is 4.08. The van der Waals surface area contributed by atoms with Crippen molar-refractivity contribution in [3.05, 3.63) is 58.8 Å². The summed E-state index contributed by atoms with van der Waals surface area (Å²) >= 11 is 5.05. The van der Waals surface area contributed by atoms with E-state index in [-0.39, 0.29) is 0 Å². The molecule has 2 heterocycles. The summed E-state index contributed by atoms with van der Waals surface area (Å²) in [5.74, 6) is 1.57. The Hall–Kier alpha value is -2.38. The van der Waals surface area contributed by atoms with E-state index < -0.39 is 6.10 Å². The standard InChI is InChI=1S/C15H16N4O2S/c1-10(20)11-2-4-12(5-3-11)14-7-6-13(21-14)8-17-19-9-16-18-15(19)22/h2-7,9-10,17,20H,8H2,1H3,(H,18,22)/t10-/m0/s1. The van der Waals surface area contributed by atoms with Gasteiger partial charge >= 0.3 is 0 Å². The quantitative estimate of drug-likeness (QED) is 0.631. The van der Waals surface area contributed by atoms with Crippen molar-refractivity contribution in [3.8, 4) is 11.3 Å². The number of hydrogen-bond acceptors (Lipinski definition) is 5. The highest BCUT2D eigenvalue weighted by Crippen LogP contribution is 2.24. The number of aromatic amines is 1. The molecule has 7 heteroatoms. The lowest BCUT2D eigenvalue weighted by Gasteiger charge is -2.05. The number of aliphatic hydroxyl groups is 1. The van der Waals surface area contributed by atoms with E-state index in [1.54, 1.807) is 17.9 Å². The molecule has 0 bridgehead atoms. The van der Waals surface area contributed by atoms with Gasteiger partial charge < -0.3 is 14.9 Å². The molecule has 3 aromatic rings. The fourth-order valence-corrected chi connectivity index (χ4v) is 2.24. The molecule has 0 aliphatic carbocycles. The zero-order chi connectivity index (χ0) is 15.5. The number of aromatic nitrogens is 3. The summed E-state index contributed by atoms with van der Waals surface area (Å²) in [4.78, 5) is 0. The molecule has 114 valence electrons. The van der Waals surface area contributed by atoms with E-state index >= 15 is 0 Å². The van der Waals surface area contributed by atoms with Gasteiger partial charge in [-0.05, 0) is 36.8 Å². The van der Waals surface area contributed by atoms with Crippen molar-refractivity contribution in [1.29, 1.82) is 0 Å². The first-order valence-electron chi connectivity index (χ1n) is 6.86. The Labute approximate surface area is 132 Å².